The molecule has 0 amide bonds. The molecule has 2 heterocycles. The van der Waals surface area contributed by atoms with Gasteiger partial charge < -0.3 is 0 Å². The minimum atomic E-state index is 0.661. The number of rotatable bonds is 4. The van der Waals surface area contributed by atoms with E-state index in [4.69, 9.17) is 15.0 Å². The van der Waals surface area contributed by atoms with Gasteiger partial charge in [-0.1, -0.05) is 139 Å². The van der Waals surface area contributed by atoms with E-state index in [-0.39, 0.29) is 0 Å². The van der Waals surface area contributed by atoms with Gasteiger partial charge in [0, 0.05) is 31.9 Å². The van der Waals surface area contributed by atoms with Gasteiger partial charge in [-0.2, -0.15) is 0 Å². The molecule has 1 aliphatic heterocycles. The van der Waals surface area contributed by atoms with Gasteiger partial charge in [-0.15, -0.1) is 0 Å². The largest absolute Gasteiger partial charge is 0.208 e. The summed E-state index contributed by atoms with van der Waals surface area (Å²) in [4.78, 5) is 17.4. The maximum atomic E-state index is 5.00. The first-order valence-corrected chi connectivity index (χ1v) is 14.4. The number of aromatic nitrogens is 3. The van der Waals surface area contributed by atoms with E-state index in [1.54, 1.807) is 0 Å². The van der Waals surface area contributed by atoms with E-state index in [1.165, 1.54) is 37.3 Å². The molecule has 41 heavy (non-hydrogen) atoms. The molecule has 0 saturated carbocycles. The second-order valence-electron chi connectivity index (χ2n) is 10.1. The van der Waals surface area contributed by atoms with Crippen LogP contribution in [0.15, 0.2) is 149 Å². The summed E-state index contributed by atoms with van der Waals surface area (Å²) < 4.78 is 0. The van der Waals surface area contributed by atoms with Crippen LogP contribution in [0.1, 0.15) is 0 Å². The summed E-state index contributed by atoms with van der Waals surface area (Å²) >= 11 is 1.81. The highest BCUT2D eigenvalue weighted by Crippen LogP contribution is 2.48. The van der Waals surface area contributed by atoms with Crippen LogP contribution >= 0.6 is 11.8 Å². The third-order valence-electron chi connectivity index (χ3n) is 7.53. The quantitative estimate of drug-likeness (QED) is 0.222. The third-order valence-corrected chi connectivity index (χ3v) is 8.65. The molecular weight excluding hydrogens is 518 g/mol. The van der Waals surface area contributed by atoms with Crippen LogP contribution in [0.3, 0.4) is 0 Å². The fraction of sp³-hybridized carbons (Fsp3) is 0. The molecule has 0 N–H and O–H groups in total. The molecular formula is C37H23N3S. The minimum Gasteiger partial charge on any atom is -0.208 e. The molecule has 3 nitrogen and oxygen atoms in total. The number of benzene rings is 6. The highest BCUT2D eigenvalue weighted by molar-refractivity contribution is 7.99. The Morgan fingerprint density at radius 3 is 1.61 bits per heavy atom. The fourth-order valence-electron chi connectivity index (χ4n) is 5.50. The molecule has 0 unspecified atom stereocenters. The molecule has 0 aliphatic carbocycles. The molecule has 0 bridgehead atoms. The summed E-state index contributed by atoms with van der Waals surface area (Å²) in [7, 11) is 0. The van der Waals surface area contributed by atoms with Crippen LogP contribution in [0.2, 0.25) is 0 Å². The molecule has 4 heteroatoms. The van der Waals surface area contributed by atoms with Crippen LogP contribution in [-0.2, 0) is 0 Å². The van der Waals surface area contributed by atoms with Crippen molar-refractivity contribution in [3.63, 3.8) is 0 Å². The molecule has 0 radical (unpaired) electrons. The average molecular weight is 542 g/mol. The van der Waals surface area contributed by atoms with E-state index >= 15 is 0 Å². The van der Waals surface area contributed by atoms with Crippen molar-refractivity contribution in [2.24, 2.45) is 0 Å². The topological polar surface area (TPSA) is 38.7 Å². The SMILES string of the molecule is c1ccc(-c2ccc(-c3nc(-c4ccccc4)nc(-c4ccc5c(c4)Sc4cccc6cccc-5c46)n3)cc2)cc1. The summed E-state index contributed by atoms with van der Waals surface area (Å²) in [5.74, 6) is 1.99. The normalized spacial score (nSPS) is 11.8. The monoisotopic (exact) mass is 541 g/mol. The molecule has 6 aromatic carbocycles. The minimum absolute atomic E-state index is 0.661. The Kier molecular flexibility index (Phi) is 5.71. The summed E-state index contributed by atoms with van der Waals surface area (Å²) in [6, 6.07) is 48.6. The van der Waals surface area contributed by atoms with Gasteiger partial charge in [0.1, 0.15) is 0 Å². The lowest BCUT2D eigenvalue weighted by Crippen LogP contribution is -2.01. The van der Waals surface area contributed by atoms with Gasteiger partial charge in [0.15, 0.2) is 17.5 Å². The molecule has 0 saturated heterocycles. The Hall–Kier alpha value is -5.06. The molecule has 7 aromatic rings. The van der Waals surface area contributed by atoms with Crippen molar-refractivity contribution in [2.45, 2.75) is 9.79 Å². The smallest absolute Gasteiger partial charge is 0.164 e. The van der Waals surface area contributed by atoms with Crippen molar-refractivity contribution in [3.05, 3.63) is 140 Å². The van der Waals surface area contributed by atoms with E-state index in [9.17, 15) is 0 Å². The van der Waals surface area contributed by atoms with Crippen molar-refractivity contribution < 1.29 is 0 Å². The first-order valence-electron chi connectivity index (χ1n) is 13.6. The number of fused-ring (bicyclic) bond motifs is 2. The number of hydrogen-bond acceptors (Lipinski definition) is 4. The molecule has 0 fully saturated rings. The lowest BCUT2D eigenvalue weighted by atomic mass is 9.96. The summed E-state index contributed by atoms with van der Waals surface area (Å²) in [5.41, 5.74) is 7.77. The van der Waals surface area contributed by atoms with E-state index in [1.807, 2.05) is 48.2 Å². The second-order valence-corrected chi connectivity index (χ2v) is 11.2. The first kappa shape index (κ1) is 23.8. The van der Waals surface area contributed by atoms with Crippen molar-refractivity contribution in [1.29, 1.82) is 0 Å². The molecule has 192 valence electrons. The van der Waals surface area contributed by atoms with Gasteiger partial charge in [-0.25, -0.2) is 15.0 Å². The summed E-state index contributed by atoms with van der Waals surface area (Å²) in [5, 5.41) is 2.60. The van der Waals surface area contributed by atoms with Gasteiger partial charge >= 0.3 is 0 Å². The second kappa shape index (κ2) is 9.84. The van der Waals surface area contributed by atoms with Gasteiger partial charge in [0.2, 0.25) is 0 Å². The highest BCUT2D eigenvalue weighted by Gasteiger charge is 2.20. The summed E-state index contributed by atoms with van der Waals surface area (Å²) in [6.07, 6.45) is 0. The lowest BCUT2D eigenvalue weighted by molar-refractivity contribution is 1.07. The van der Waals surface area contributed by atoms with Crippen molar-refractivity contribution in [2.75, 3.05) is 0 Å². The van der Waals surface area contributed by atoms with Crippen molar-refractivity contribution in [1.82, 2.24) is 15.0 Å². The Morgan fingerprint density at radius 1 is 0.366 bits per heavy atom. The predicted octanol–water partition coefficient (Wildman–Crippen LogP) is 9.82. The van der Waals surface area contributed by atoms with Crippen molar-refractivity contribution in [3.8, 4) is 56.4 Å². The van der Waals surface area contributed by atoms with E-state index in [2.05, 4.69) is 103 Å². The van der Waals surface area contributed by atoms with Crippen LogP contribution in [0.5, 0.6) is 0 Å². The zero-order chi connectivity index (χ0) is 27.2. The Morgan fingerprint density at radius 2 is 0.902 bits per heavy atom. The van der Waals surface area contributed by atoms with E-state index in [0.717, 1.165) is 22.3 Å². The Balaban J connectivity index is 1.25. The van der Waals surface area contributed by atoms with Gasteiger partial charge in [-0.3, -0.25) is 0 Å². The molecule has 1 aromatic heterocycles. The van der Waals surface area contributed by atoms with Crippen LogP contribution in [0.25, 0.3) is 67.2 Å². The zero-order valence-corrected chi connectivity index (χ0v) is 22.8. The fourth-order valence-corrected chi connectivity index (χ4v) is 6.68. The summed E-state index contributed by atoms with van der Waals surface area (Å²) in [6.45, 7) is 0. The first-order chi connectivity index (χ1) is 20.3. The standard InChI is InChI=1S/C37H23N3S/c1-3-9-24(10-4-1)25-17-19-28(20-18-25)36-38-35(27-11-5-2-6-12-27)39-37(40-36)29-21-22-30-31-15-7-13-26-14-8-16-32(34(26)31)41-33(30)23-29/h1-23H. The maximum Gasteiger partial charge on any atom is 0.164 e. The van der Waals surface area contributed by atoms with E-state index in [0.29, 0.717) is 17.5 Å². The average Bonchev–Trinajstić information content (AvgIpc) is 3.05. The predicted molar refractivity (Wildman–Crippen MR) is 169 cm³/mol. The molecule has 0 atom stereocenters. The van der Waals surface area contributed by atoms with Gasteiger partial charge in [0.25, 0.3) is 0 Å². The van der Waals surface area contributed by atoms with Crippen LogP contribution < -0.4 is 0 Å². The molecule has 8 rings (SSSR count). The highest BCUT2D eigenvalue weighted by atomic mass is 32.2. The number of nitrogens with zero attached hydrogens (tertiary/aromatic N) is 3. The van der Waals surface area contributed by atoms with Crippen LogP contribution in [-0.4, -0.2) is 15.0 Å². The Labute approximate surface area is 242 Å². The molecule has 1 aliphatic rings. The lowest BCUT2D eigenvalue weighted by Gasteiger charge is -2.20. The molecule has 0 spiro atoms. The Bertz CT molecular complexity index is 2050. The maximum absolute atomic E-state index is 5.00. The number of hydrogen-bond donors (Lipinski definition) is 0. The third kappa shape index (κ3) is 4.30. The van der Waals surface area contributed by atoms with Crippen molar-refractivity contribution >= 4 is 22.5 Å². The van der Waals surface area contributed by atoms with Crippen LogP contribution in [0, 0.1) is 0 Å². The van der Waals surface area contributed by atoms with Gasteiger partial charge in [0.05, 0.1) is 0 Å². The van der Waals surface area contributed by atoms with Gasteiger partial charge in [-0.05, 0) is 39.8 Å². The van der Waals surface area contributed by atoms with E-state index < -0.39 is 0 Å². The van der Waals surface area contributed by atoms with Crippen LogP contribution in [0.4, 0.5) is 0 Å². The zero-order valence-electron chi connectivity index (χ0n) is 22.0.